The van der Waals surface area contributed by atoms with Crippen LogP contribution >= 0.6 is 11.6 Å². The van der Waals surface area contributed by atoms with Gasteiger partial charge in [0.25, 0.3) is 5.91 Å². The van der Waals surface area contributed by atoms with Gasteiger partial charge in [0.1, 0.15) is 5.75 Å². The van der Waals surface area contributed by atoms with E-state index in [-0.39, 0.29) is 11.4 Å². The van der Waals surface area contributed by atoms with E-state index in [4.69, 9.17) is 22.1 Å². The standard InChI is InChI=1S/C15H21ClN2O2/c1-20-13-6-5-11(16)9-12(13)14(19)18-10-15(17)7-3-2-4-8-15/h5-6,9H,2-4,7-8,10,17H2,1H3,(H,18,19). The van der Waals surface area contributed by atoms with Crippen LogP contribution in [0.2, 0.25) is 5.02 Å². The van der Waals surface area contributed by atoms with E-state index >= 15 is 0 Å². The number of ether oxygens (including phenoxy) is 1. The van der Waals surface area contributed by atoms with Gasteiger partial charge in [-0.25, -0.2) is 0 Å². The van der Waals surface area contributed by atoms with Gasteiger partial charge in [-0.15, -0.1) is 0 Å². The summed E-state index contributed by atoms with van der Waals surface area (Å²) in [5.74, 6) is 0.321. The van der Waals surface area contributed by atoms with Crippen LogP contribution in [0.25, 0.3) is 0 Å². The summed E-state index contributed by atoms with van der Waals surface area (Å²) in [5.41, 5.74) is 6.48. The number of nitrogens with one attached hydrogen (secondary N) is 1. The first-order valence-electron chi connectivity index (χ1n) is 6.95. The summed E-state index contributed by atoms with van der Waals surface area (Å²) in [4.78, 5) is 12.3. The second kappa shape index (κ2) is 6.46. The molecular formula is C15H21ClN2O2. The van der Waals surface area contributed by atoms with Gasteiger partial charge in [-0.05, 0) is 31.0 Å². The first-order chi connectivity index (χ1) is 9.54. The molecule has 3 N–H and O–H groups in total. The summed E-state index contributed by atoms with van der Waals surface area (Å²) in [6.45, 7) is 0.488. The molecule has 0 heterocycles. The average molecular weight is 297 g/mol. The zero-order valence-electron chi connectivity index (χ0n) is 11.7. The van der Waals surface area contributed by atoms with E-state index in [0.29, 0.717) is 22.9 Å². The highest BCUT2D eigenvalue weighted by molar-refractivity contribution is 6.31. The van der Waals surface area contributed by atoms with Gasteiger partial charge < -0.3 is 15.8 Å². The van der Waals surface area contributed by atoms with Crippen LogP contribution in [0.4, 0.5) is 0 Å². The molecule has 110 valence electrons. The Kier molecular flexibility index (Phi) is 4.89. The quantitative estimate of drug-likeness (QED) is 0.898. The van der Waals surface area contributed by atoms with Gasteiger partial charge in [-0.1, -0.05) is 30.9 Å². The Labute approximate surface area is 124 Å². The van der Waals surface area contributed by atoms with E-state index in [1.165, 1.54) is 13.5 Å². The molecule has 1 fully saturated rings. The van der Waals surface area contributed by atoms with Crippen LogP contribution in [-0.2, 0) is 0 Å². The Balaban J connectivity index is 2.03. The fourth-order valence-electron chi connectivity index (χ4n) is 2.64. The van der Waals surface area contributed by atoms with Gasteiger partial charge in [-0.3, -0.25) is 4.79 Å². The van der Waals surface area contributed by atoms with Crippen LogP contribution in [0.15, 0.2) is 18.2 Å². The molecule has 0 radical (unpaired) electrons. The maximum atomic E-state index is 12.3. The number of amides is 1. The predicted molar refractivity (Wildman–Crippen MR) is 80.3 cm³/mol. The number of hydrogen-bond acceptors (Lipinski definition) is 3. The van der Waals surface area contributed by atoms with Crippen LogP contribution in [0.1, 0.15) is 42.5 Å². The second-order valence-electron chi connectivity index (χ2n) is 5.45. The van der Waals surface area contributed by atoms with Gasteiger partial charge in [0.15, 0.2) is 0 Å². The molecule has 1 aromatic carbocycles. The lowest BCUT2D eigenvalue weighted by atomic mass is 9.82. The van der Waals surface area contributed by atoms with Gasteiger partial charge in [0, 0.05) is 17.1 Å². The lowest BCUT2D eigenvalue weighted by Crippen LogP contribution is -2.51. The minimum absolute atomic E-state index is 0.195. The molecule has 1 aromatic rings. The van der Waals surface area contributed by atoms with E-state index in [1.807, 2.05) is 0 Å². The average Bonchev–Trinajstić information content (AvgIpc) is 2.45. The Hall–Kier alpha value is -1.26. The zero-order chi connectivity index (χ0) is 14.6. The fourth-order valence-corrected chi connectivity index (χ4v) is 2.81. The van der Waals surface area contributed by atoms with E-state index < -0.39 is 0 Å². The third-order valence-corrected chi connectivity index (χ3v) is 4.09. The number of carbonyl (C=O) groups excluding carboxylic acids is 1. The lowest BCUT2D eigenvalue weighted by Gasteiger charge is -2.33. The number of benzene rings is 1. The third kappa shape index (κ3) is 3.64. The normalized spacial score (nSPS) is 17.6. The van der Waals surface area contributed by atoms with Crippen molar-refractivity contribution in [1.82, 2.24) is 5.32 Å². The summed E-state index contributed by atoms with van der Waals surface area (Å²) in [6, 6.07) is 5.00. The molecule has 1 saturated carbocycles. The highest BCUT2D eigenvalue weighted by Crippen LogP contribution is 2.26. The third-order valence-electron chi connectivity index (χ3n) is 3.86. The SMILES string of the molecule is COc1ccc(Cl)cc1C(=O)NCC1(N)CCCCC1. The molecule has 5 heteroatoms. The molecular weight excluding hydrogens is 276 g/mol. The number of nitrogens with two attached hydrogens (primary N) is 1. The van der Waals surface area contributed by atoms with Crippen LogP contribution in [0.5, 0.6) is 5.75 Å². The molecule has 20 heavy (non-hydrogen) atoms. The molecule has 2 rings (SSSR count). The molecule has 1 aliphatic rings. The summed E-state index contributed by atoms with van der Waals surface area (Å²) in [5, 5.41) is 3.42. The molecule has 0 aliphatic heterocycles. The number of hydrogen-bond donors (Lipinski definition) is 2. The molecule has 0 spiro atoms. The van der Waals surface area contributed by atoms with Crippen LogP contribution in [0.3, 0.4) is 0 Å². The molecule has 4 nitrogen and oxygen atoms in total. The topological polar surface area (TPSA) is 64.3 Å². The summed E-state index contributed by atoms with van der Waals surface area (Å²) in [7, 11) is 1.53. The van der Waals surface area contributed by atoms with Crippen molar-refractivity contribution in [2.75, 3.05) is 13.7 Å². The van der Waals surface area contributed by atoms with Crippen molar-refractivity contribution in [3.63, 3.8) is 0 Å². The molecule has 0 saturated heterocycles. The Morgan fingerprint density at radius 1 is 1.40 bits per heavy atom. The smallest absolute Gasteiger partial charge is 0.255 e. The van der Waals surface area contributed by atoms with Crippen molar-refractivity contribution in [1.29, 1.82) is 0 Å². The van der Waals surface area contributed by atoms with Crippen molar-refractivity contribution in [3.05, 3.63) is 28.8 Å². The van der Waals surface area contributed by atoms with Crippen molar-refractivity contribution >= 4 is 17.5 Å². The largest absolute Gasteiger partial charge is 0.496 e. The van der Waals surface area contributed by atoms with E-state index in [9.17, 15) is 4.79 Å². The van der Waals surface area contributed by atoms with Crippen molar-refractivity contribution in [3.8, 4) is 5.75 Å². The molecule has 1 aliphatic carbocycles. The van der Waals surface area contributed by atoms with Crippen LogP contribution in [-0.4, -0.2) is 25.1 Å². The first-order valence-corrected chi connectivity index (χ1v) is 7.32. The van der Waals surface area contributed by atoms with Crippen molar-refractivity contribution < 1.29 is 9.53 Å². The van der Waals surface area contributed by atoms with Crippen LogP contribution in [0, 0.1) is 0 Å². The number of rotatable bonds is 4. The van der Waals surface area contributed by atoms with E-state index in [1.54, 1.807) is 18.2 Å². The van der Waals surface area contributed by atoms with Gasteiger partial charge >= 0.3 is 0 Å². The van der Waals surface area contributed by atoms with Crippen LogP contribution < -0.4 is 15.8 Å². The van der Waals surface area contributed by atoms with Crippen molar-refractivity contribution in [2.24, 2.45) is 5.73 Å². The minimum Gasteiger partial charge on any atom is -0.496 e. The second-order valence-corrected chi connectivity index (χ2v) is 5.89. The molecule has 0 unspecified atom stereocenters. The summed E-state index contributed by atoms with van der Waals surface area (Å²) < 4.78 is 5.19. The first kappa shape index (κ1) is 15.1. The number of halogens is 1. The Morgan fingerprint density at radius 2 is 2.10 bits per heavy atom. The monoisotopic (exact) mass is 296 g/mol. The Bertz CT molecular complexity index is 485. The van der Waals surface area contributed by atoms with E-state index in [0.717, 1.165) is 25.7 Å². The zero-order valence-corrected chi connectivity index (χ0v) is 12.5. The fraction of sp³-hybridized carbons (Fsp3) is 0.533. The maximum absolute atomic E-state index is 12.3. The number of carbonyl (C=O) groups is 1. The highest BCUT2D eigenvalue weighted by atomic mass is 35.5. The van der Waals surface area contributed by atoms with E-state index in [2.05, 4.69) is 5.32 Å². The van der Waals surface area contributed by atoms with Gasteiger partial charge in [0.05, 0.1) is 12.7 Å². The van der Waals surface area contributed by atoms with Gasteiger partial charge in [0.2, 0.25) is 0 Å². The lowest BCUT2D eigenvalue weighted by molar-refractivity contribution is 0.0934. The molecule has 0 atom stereocenters. The highest BCUT2D eigenvalue weighted by Gasteiger charge is 2.28. The predicted octanol–water partition coefficient (Wildman–Crippen LogP) is 2.74. The Morgan fingerprint density at radius 3 is 2.75 bits per heavy atom. The molecule has 0 bridgehead atoms. The molecule has 1 amide bonds. The van der Waals surface area contributed by atoms with Gasteiger partial charge in [-0.2, -0.15) is 0 Å². The molecule has 0 aromatic heterocycles. The number of methoxy groups -OCH3 is 1. The van der Waals surface area contributed by atoms with Crippen molar-refractivity contribution in [2.45, 2.75) is 37.6 Å². The minimum atomic E-state index is -0.278. The summed E-state index contributed by atoms with van der Waals surface area (Å²) in [6.07, 6.45) is 5.41. The maximum Gasteiger partial charge on any atom is 0.255 e. The summed E-state index contributed by atoms with van der Waals surface area (Å²) >= 11 is 5.93.